The van der Waals surface area contributed by atoms with E-state index in [0.717, 1.165) is 28.6 Å². The summed E-state index contributed by atoms with van der Waals surface area (Å²) in [7, 11) is -4.27. The molecule has 1 N–H and O–H groups in total. The van der Waals surface area contributed by atoms with Crippen molar-refractivity contribution in [1.82, 2.24) is 10.2 Å². The Labute approximate surface area is 238 Å². The average Bonchev–Trinajstić information content (AvgIpc) is 2.91. The number of benzene rings is 3. The van der Waals surface area contributed by atoms with E-state index in [1.165, 1.54) is 4.90 Å². The fourth-order valence-corrected chi connectivity index (χ4v) is 5.46. The predicted molar refractivity (Wildman–Crippen MR) is 152 cm³/mol. The number of para-hydroxylation sites is 1. The first-order valence-electron chi connectivity index (χ1n) is 12.2. The van der Waals surface area contributed by atoms with Crippen molar-refractivity contribution in [3.63, 3.8) is 0 Å². The third-order valence-electron chi connectivity index (χ3n) is 5.91. The molecule has 0 aliphatic heterocycles. The first-order valence-corrected chi connectivity index (χ1v) is 14.4. The van der Waals surface area contributed by atoms with E-state index in [-0.39, 0.29) is 34.0 Å². The first kappa shape index (κ1) is 30.4. The Hall–Kier alpha value is -3.14. The minimum absolute atomic E-state index is 0.0226. The van der Waals surface area contributed by atoms with Crippen LogP contribution in [0.3, 0.4) is 0 Å². The molecule has 208 valence electrons. The molecule has 1 unspecified atom stereocenters. The number of rotatable bonds is 11. The molecular weight excluding hydrogens is 564 g/mol. The lowest BCUT2D eigenvalue weighted by Gasteiger charge is -2.32. The van der Waals surface area contributed by atoms with Crippen LogP contribution in [-0.4, -0.2) is 44.3 Å². The third kappa shape index (κ3) is 7.94. The second-order valence-corrected chi connectivity index (χ2v) is 12.1. The van der Waals surface area contributed by atoms with Crippen molar-refractivity contribution < 1.29 is 22.4 Å². The Bertz CT molecular complexity index is 1400. The van der Waals surface area contributed by atoms with Crippen molar-refractivity contribution in [3.05, 3.63) is 94.2 Å². The van der Waals surface area contributed by atoms with Crippen LogP contribution < -0.4 is 9.62 Å². The van der Waals surface area contributed by atoms with E-state index in [0.29, 0.717) is 17.1 Å². The van der Waals surface area contributed by atoms with Crippen molar-refractivity contribution in [2.24, 2.45) is 5.92 Å². The molecule has 0 bridgehead atoms. The zero-order valence-electron chi connectivity index (χ0n) is 21.8. The fourth-order valence-electron chi connectivity index (χ4n) is 3.73. The van der Waals surface area contributed by atoms with E-state index >= 15 is 0 Å². The van der Waals surface area contributed by atoms with E-state index in [1.54, 1.807) is 55.5 Å². The van der Waals surface area contributed by atoms with Crippen LogP contribution in [-0.2, 0) is 26.2 Å². The molecule has 3 rings (SSSR count). The van der Waals surface area contributed by atoms with Crippen LogP contribution in [0.25, 0.3) is 0 Å². The normalized spacial score (nSPS) is 12.2. The highest BCUT2D eigenvalue weighted by Crippen LogP contribution is 2.26. The predicted octanol–water partition coefficient (Wildman–Crippen LogP) is 5.52. The summed E-state index contributed by atoms with van der Waals surface area (Å²) in [4.78, 5) is 27.9. The molecule has 0 radical (unpaired) electrons. The Morgan fingerprint density at radius 2 is 1.56 bits per heavy atom. The number of hydrogen-bond acceptors (Lipinski definition) is 4. The summed E-state index contributed by atoms with van der Waals surface area (Å²) < 4.78 is 41.8. The number of halogens is 3. The monoisotopic (exact) mass is 593 g/mol. The van der Waals surface area contributed by atoms with Gasteiger partial charge in [-0.25, -0.2) is 12.8 Å². The van der Waals surface area contributed by atoms with Gasteiger partial charge in [0.2, 0.25) is 11.8 Å². The average molecular weight is 595 g/mol. The number of amides is 2. The maximum Gasteiger partial charge on any atom is 0.264 e. The van der Waals surface area contributed by atoms with E-state index in [1.807, 2.05) is 13.8 Å². The Morgan fingerprint density at radius 3 is 2.15 bits per heavy atom. The lowest BCUT2D eigenvalue weighted by molar-refractivity contribution is -0.139. The number of nitrogens with zero attached hydrogens (tertiary/aromatic N) is 2. The minimum atomic E-state index is -4.27. The maximum atomic E-state index is 13.8. The van der Waals surface area contributed by atoms with Gasteiger partial charge in [-0.1, -0.05) is 61.3 Å². The van der Waals surface area contributed by atoms with Gasteiger partial charge in [-0.05, 0) is 66.9 Å². The highest BCUT2D eigenvalue weighted by Gasteiger charge is 2.32. The smallest absolute Gasteiger partial charge is 0.264 e. The maximum absolute atomic E-state index is 13.8. The molecular formula is C28H30Cl2FN3O4S. The van der Waals surface area contributed by atoms with Gasteiger partial charge in [-0.2, -0.15) is 0 Å². The lowest BCUT2D eigenvalue weighted by atomic mass is 10.1. The molecule has 0 aliphatic rings. The Morgan fingerprint density at radius 1 is 0.923 bits per heavy atom. The zero-order valence-corrected chi connectivity index (χ0v) is 24.1. The number of carbonyl (C=O) groups excluding carboxylic acids is 2. The molecule has 39 heavy (non-hydrogen) atoms. The van der Waals surface area contributed by atoms with E-state index < -0.39 is 34.3 Å². The number of hydrogen-bond donors (Lipinski definition) is 1. The van der Waals surface area contributed by atoms with Crippen LogP contribution >= 0.6 is 23.2 Å². The molecule has 11 heteroatoms. The number of nitrogens with one attached hydrogen (secondary N) is 1. The summed E-state index contributed by atoms with van der Waals surface area (Å²) in [6.07, 6.45) is 0. The quantitative estimate of drug-likeness (QED) is 0.317. The number of sulfonamides is 1. The minimum Gasteiger partial charge on any atom is -0.354 e. The van der Waals surface area contributed by atoms with Gasteiger partial charge in [-0.15, -0.1) is 0 Å². The van der Waals surface area contributed by atoms with Crippen LogP contribution in [0.1, 0.15) is 26.3 Å². The Balaban J connectivity index is 2.00. The molecule has 0 saturated heterocycles. The van der Waals surface area contributed by atoms with Crippen LogP contribution in [0, 0.1) is 11.7 Å². The number of anilines is 1. The van der Waals surface area contributed by atoms with Gasteiger partial charge >= 0.3 is 0 Å². The summed E-state index contributed by atoms with van der Waals surface area (Å²) in [5.41, 5.74) is 0.843. The molecule has 0 aliphatic carbocycles. The van der Waals surface area contributed by atoms with Crippen molar-refractivity contribution in [2.75, 3.05) is 17.4 Å². The molecule has 0 spiro atoms. The summed E-state index contributed by atoms with van der Waals surface area (Å²) in [6, 6.07) is 16.4. The lowest BCUT2D eigenvalue weighted by Crippen LogP contribution is -2.51. The molecule has 1 atom stereocenters. The summed E-state index contributed by atoms with van der Waals surface area (Å²) in [5, 5.41) is 3.44. The molecule has 0 fully saturated rings. The molecule has 7 nitrogen and oxygen atoms in total. The summed E-state index contributed by atoms with van der Waals surface area (Å²) in [6.45, 7) is 5.25. The second kappa shape index (κ2) is 13.3. The van der Waals surface area contributed by atoms with Gasteiger partial charge in [0.15, 0.2) is 0 Å². The molecule has 0 heterocycles. The van der Waals surface area contributed by atoms with Gasteiger partial charge in [0, 0.05) is 13.1 Å². The highest BCUT2D eigenvalue weighted by atomic mass is 35.5. The van der Waals surface area contributed by atoms with Gasteiger partial charge in [0.25, 0.3) is 10.0 Å². The van der Waals surface area contributed by atoms with Crippen molar-refractivity contribution in [1.29, 1.82) is 0 Å². The Kier molecular flexibility index (Phi) is 10.4. The third-order valence-corrected chi connectivity index (χ3v) is 8.44. The molecule has 3 aromatic rings. The zero-order chi connectivity index (χ0) is 28.7. The SMILES string of the molecule is CC(C)CNC(=O)C(C)N(Cc1ccc(Cl)c(Cl)c1)C(=O)CN(c1ccccc1)S(=O)(=O)c1ccc(F)cc1. The van der Waals surface area contributed by atoms with E-state index in [2.05, 4.69) is 5.32 Å². The van der Waals surface area contributed by atoms with Crippen LogP contribution in [0.2, 0.25) is 10.0 Å². The summed E-state index contributed by atoms with van der Waals surface area (Å²) >= 11 is 12.2. The van der Waals surface area contributed by atoms with Gasteiger partial charge in [0.05, 0.1) is 20.6 Å². The van der Waals surface area contributed by atoms with Crippen LogP contribution in [0.4, 0.5) is 10.1 Å². The largest absolute Gasteiger partial charge is 0.354 e. The van der Waals surface area contributed by atoms with Crippen LogP contribution in [0.5, 0.6) is 0 Å². The van der Waals surface area contributed by atoms with Gasteiger partial charge in [-0.3, -0.25) is 13.9 Å². The molecule has 3 aromatic carbocycles. The molecule has 0 aromatic heterocycles. The van der Waals surface area contributed by atoms with Crippen molar-refractivity contribution in [2.45, 2.75) is 38.3 Å². The highest BCUT2D eigenvalue weighted by molar-refractivity contribution is 7.92. The van der Waals surface area contributed by atoms with Gasteiger partial charge in [0.1, 0.15) is 18.4 Å². The second-order valence-electron chi connectivity index (χ2n) is 9.39. The van der Waals surface area contributed by atoms with Crippen molar-refractivity contribution >= 4 is 50.7 Å². The molecule has 2 amide bonds. The van der Waals surface area contributed by atoms with E-state index in [9.17, 15) is 22.4 Å². The fraction of sp³-hybridized carbons (Fsp3) is 0.286. The topological polar surface area (TPSA) is 86.8 Å². The summed E-state index contributed by atoms with van der Waals surface area (Å²) in [5.74, 6) is -1.41. The van der Waals surface area contributed by atoms with E-state index in [4.69, 9.17) is 23.2 Å². The molecule has 0 saturated carbocycles. The first-order chi connectivity index (χ1) is 18.4. The van der Waals surface area contributed by atoms with Crippen LogP contribution in [0.15, 0.2) is 77.7 Å². The number of carbonyl (C=O) groups is 2. The standard InChI is InChI=1S/C28H30Cl2FN3O4S/c1-19(2)16-32-28(36)20(3)33(17-21-9-14-25(29)26(30)15-21)27(35)18-34(23-7-5-4-6-8-23)39(37,38)24-12-10-22(31)11-13-24/h4-15,19-20H,16-18H2,1-3H3,(H,32,36). The van der Waals surface area contributed by atoms with Crippen molar-refractivity contribution in [3.8, 4) is 0 Å². The van der Waals surface area contributed by atoms with Gasteiger partial charge < -0.3 is 10.2 Å².